The number of para-hydroxylation sites is 1. The fourth-order valence-corrected chi connectivity index (χ4v) is 1.98. The molecule has 2 amide bonds. The van der Waals surface area contributed by atoms with Crippen LogP contribution in [-0.2, 0) is 9.53 Å². The number of nitrogens with one attached hydrogen (secondary N) is 2. The van der Waals surface area contributed by atoms with Crippen molar-refractivity contribution in [1.29, 1.82) is 0 Å². The number of ether oxygens (including phenoxy) is 2. The van der Waals surface area contributed by atoms with Crippen molar-refractivity contribution >= 4 is 22.9 Å². The molecule has 2 aromatic rings. The Morgan fingerprint density at radius 2 is 2.04 bits per heavy atom. The molecular formula is C16H19N3O4. The monoisotopic (exact) mass is 317 g/mol. The average molecular weight is 317 g/mol. The number of methoxy groups -OCH3 is 1. The Morgan fingerprint density at radius 3 is 2.83 bits per heavy atom. The molecule has 0 spiro atoms. The zero-order chi connectivity index (χ0) is 16.7. The van der Waals surface area contributed by atoms with Crippen molar-refractivity contribution in [3.05, 3.63) is 36.5 Å². The summed E-state index contributed by atoms with van der Waals surface area (Å²) in [6, 6.07) is 8.82. The van der Waals surface area contributed by atoms with Gasteiger partial charge in [0.05, 0.1) is 13.7 Å². The Morgan fingerprint density at radius 1 is 1.26 bits per heavy atom. The standard InChI is InChI=1S/C16H19N3O4/c1-11(19-16(21)22-2)15(20)18-9-10-23-13-7-3-5-12-6-4-8-17-14(12)13/h3-8,11H,9-10H2,1-2H3,(H,18,20)(H,19,21)/t11-/m0/s1. The van der Waals surface area contributed by atoms with Gasteiger partial charge >= 0.3 is 6.09 Å². The summed E-state index contributed by atoms with van der Waals surface area (Å²) in [4.78, 5) is 27.1. The van der Waals surface area contributed by atoms with Gasteiger partial charge in [0.15, 0.2) is 0 Å². The van der Waals surface area contributed by atoms with E-state index >= 15 is 0 Å². The summed E-state index contributed by atoms with van der Waals surface area (Å²) in [5.41, 5.74) is 0.780. The Kier molecular flexibility index (Phi) is 5.74. The van der Waals surface area contributed by atoms with E-state index in [1.165, 1.54) is 7.11 Å². The van der Waals surface area contributed by atoms with E-state index in [0.717, 1.165) is 10.9 Å². The topological polar surface area (TPSA) is 89.5 Å². The van der Waals surface area contributed by atoms with Crippen LogP contribution < -0.4 is 15.4 Å². The fraction of sp³-hybridized carbons (Fsp3) is 0.312. The number of aromatic nitrogens is 1. The number of nitrogens with zero attached hydrogens (tertiary/aromatic N) is 1. The van der Waals surface area contributed by atoms with E-state index < -0.39 is 12.1 Å². The summed E-state index contributed by atoms with van der Waals surface area (Å²) in [6.07, 6.45) is 1.06. The first kappa shape index (κ1) is 16.5. The molecule has 0 aliphatic heterocycles. The largest absolute Gasteiger partial charge is 0.489 e. The first-order valence-corrected chi connectivity index (χ1v) is 7.20. The second-order valence-electron chi connectivity index (χ2n) is 4.83. The highest BCUT2D eigenvalue weighted by Gasteiger charge is 2.15. The van der Waals surface area contributed by atoms with Crippen LogP contribution in [0.4, 0.5) is 4.79 Å². The number of benzene rings is 1. The molecule has 0 unspecified atom stereocenters. The number of fused-ring (bicyclic) bond motifs is 1. The summed E-state index contributed by atoms with van der Waals surface area (Å²) in [7, 11) is 1.24. The quantitative estimate of drug-likeness (QED) is 0.788. The molecule has 0 fully saturated rings. The Labute approximate surface area is 134 Å². The molecule has 122 valence electrons. The maximum atomic E-state index is 11.8. The first-order valence-electron chi connectivity index (χ1n) is 7.20. The molecular weight excluding hydrogens is 298 g/mol. The van der Waals surface area contributed by atoms with E-state index in [9.17, 15) is 9.59 Å². The van der Waals surface area contributed by atoms with Crippen molar-refractivity contribution in [2.45, 2.75) is 13.0 Å². The molecule has 0 saturated carbocycles. The predicted octanol–water partition coefficient (Wildman–Crippen LogP) is 1.47. The van der Waals surface area contributed by atoms with Crippen molar-refractivity contribution in [3.8, 4) is 5.75 Å². The van der Waals surface area contributed by atoms with Gasteiger partial charge in [0, 0.05) is 11.6 Å². The zero-order valence-corrected chi connectivity index (χ0v) is 13.0. The minimum Gasteiger partial charge on any atom is -0.489 e. The highest BCUT2D eigenvalue weighted by Crippen LogP contribution is 2.22. The van der Waals surface area contributed by atoms with Crippen molar-refractivity contribution in [1.82, 2.24) is 15.6 Å². The van der Waals surface area contributed by atoms with Crippen LogP contribution in [0.15, 0.2) is 36.5 Å². The molecule has 2 N–H and O–H groups in total. The molecule has 7 nitrogen and oxygen atoms in total. The van der Waals surface area contributed by atoms with Gasteiger partial charge in [-0.25, -0.2) is 4.79 Å². The van der Waals surface area contributed by atoms with Gasteiger partial charge in [-0.15, -0.1) is 0 Å². The van der Waals surface area contributed by atoms with Gasteiger partial charge in [0.25, 0.3) is 0 Å². The molecule has 0 bridgehead atoms. The lowest BCUT2D eigenvalue weighted by molar-refractivity contribution is -0.122. The minimum atomic E-state index is -0.679. The third kappa shape index (κ3) is 4.57. The van der Waals surface area contributed by atoms with Gasteiger partial charge in [-0.3, -0.25) is 9.78 Å². The summed E-state index contributed by atoms with van der Waals surface area (Å²) >= 11 is 0. The molecule has 2 rings (SSSR count). The first-order chi connectivity index (χ1) is 11.1. The summed E-state index contributed by atoms with van der Waals surface area (Å²) in [5.74, 6) is 0.355. The van der Waals surface area contributed by atoms with Crippen LogP contribution in [-0.4, -0.2) is 43.3 Å². The lowest BCUT2D eigenvalue weighted by atomic mass is 10.2. The van der Waals surface area contributed by atoms with Gasteiger partial charge < -0.3 is 20.1 Å². The second kappa shape index (κ2) is 7.98. The van der Waals surface area contributed by atoms with E-state index in [1.54, 1.807) is 13.1 Å². The van der Waals surface area contributed by atoms with Crippen LogP contribution in [0, 0.1) is 0 Å². The predicted molar refractivity (Wildman–Crippen MR) is 85.3 cm³/mol. The Hall–Kier alpha value is -2.83. The number of hydrogen-bond donors (Lipinski definition) is 2. The number of pyridine rings is 1. The van der Waals surface area contributed by atoms with E-state index in [0.29, 0.717) is 18.9 Å². The van der Waals surface area contributed by atoms with Gasteiger partial charge in [0.2, 0.25) is 5.91 Å². The van der Waals surface area contributed by atoms with Gasteiger partial charge in [-0.2, -0.15) is 0 Å². The van der Waals surface area contributed by atoms with Gasteiger partial charge in [0.1, 0.15) is 23.9 Å². The molecule has 1 atom stereocenters. The second-order valence-corrected chi connectivity index (χ2v) is 4.83. The molecule has 1 aromatic carbocycles. The van der Waals surface area contributed by atoms with Crippen molar-refractivity contribution in [3.63, 3.8) is 0 Å². The molecule has 1 aromatic heterocycles. The number of carbonyl (C=O) groups is 2. The van der Waals surface area contributed by atoms with Crippen LogP contribution in [0.3, 0.4) is 0 Å². The van der Waals surface area contributed by atoms with Crippen molar-refractivity contribution < 1.29 is 19.1 Å². The SMILES string of the molecule is COC(=O)N[C@@H](C)C(=O)NCCOc1cccc2cccnc12. The maximum absolute atomic E-state index is 11.8. The number of rotatable bonds is 6. The lowest BCUT2D eigenvalue weighted by Gasteiger charge is -2.13. The van der Waals surface area contributed by atoms with Crippen molar-refractivity contribution in [2.24, 2.45) is 0 Å². The molecule has 0 radical (unpaired) electrons. The van der Waals surface area contributed by atoms with Crippen molar-refractivity contribution in [2.75, 3.05) is 20.3 Å². The summed E-state index contributed by atoms with van der Waals surface area (Å²) in [5, 5.41) is 6.05. The Bertz CT molecular complexity index is 685. The maximum Gasteiger partial charge on any atom is 0.407 e. The highest BCUT2D eigenvalue weighted by molar-refractivity contribution is 5.85. The van der Waals surface area contributed by atoms with E-state index in [-0.39, 0.29) is 5.91 Å². The van der Waals surface area contributed by atoms with Crippen LogP contribution in [0.25, 0.3) is 10.9 Å². The van der Waals surface area contributed by atoms with E-state index in [1.807, 2.05) is 30.3 Å². The van der Waals surface area contributed by atoms with Crippen LogP contribution in [0.1, 0.15) is 6.92 Å². The highest BCUT2D eigenvalue weighted by atomic mass is 16.5. The fourth-order valence-electron chi connectivity index (χ4n) is 1.98. The summed E-state index contributed by atoms with van der Waals surface area (Å²) in [6.45, 7) is 2.18. The van der Waals surface area contributed by atoms with E-state index in [2.05, 4.69) is 20.4 Å². The van der Waals surface area contributed by atoms with E-state index in [4.69, 9.17) is 4.74 Å². The number of hydrogen-bond acceptors (Lipinski definition) is 5. The average Bonchev–Trinajstić information content (AvgIpc) is 2.58. The van der Waals surface area contributed by atoms with Crippen LogP contribution >= 0.6 is 0 Å². The summed E-state index contributed by atoms with van der Waals surface area (Å²) < 4.78 is 10.1. The van der Waals surface area contributed by atoms with Gasteiger partial charge in [-0.1, -0.05) is 18.2 Å². The third-order valence-electron chi connectivity index (χ3n) is 3.17. The van der Waals surface area contributed by atoms with Crippen LogP contribution in [0.2, 0.25) is 0 Å². The number of amides is 2. The minimum absolute atomic E-state index is 0.298. The molecule has 1 heterocycles. The molecule has 0 saturated heterocycles. The smallest absolute Gasteiger partial charge is 0.407 e. The molecule has 0 aliphatic carbocycles. The van der Waals surface area contributed by atoms with Gasteiger partial charge in [-0.05, 0) is 19.1 Å². The van der Waals surface area contributed by atoms with Crippen LogP contribution in [0.5, 0.6) is 5.75 Å². The zero-order valence-electron chi connectivity index (χ0n) is 13.0. The Balaban J connectivity index is 1.81. The molecule has 0 aliphatic rings. The lowest BCUT2D eigenvalue weighted by Crippen LogP contribution is -2.45. The molecule has 7 heteroatoms. The molecule has 23 heavy (non-hydrogen) atoms. The third-order valence-corrected chi connectivity index (χ3v) is 3.17. The number of carbonyl (C=O) groups excluding carboxylic acids is 2. The number of alkyl carbamates (subject to hydrolysis) is 1. The normalized spacial score (nSPS) is 11.6.